The van der Waals surface area contributed by atoms with Gasteiger partial charge in [-0.15, -0.1) is 11.3 Å². The molecule has 0 saturated carbocycles. The lowest BCUT2D eigenvalue weighted by molar-refractivity contribution is -0.384. The van der Waals surface area contributed by atoms with Crippen molar-refractivity contribution >= 4 is 34.3 Å². The molecule has 4 aromatic rings. The van der Waals surface area contributed by atoms with Gasteiger partial charge in [0.25, 0.3) is 11.6 Å². The molecule has 0 bridgehead atoms. The van der Waals surface area contributed by atoms with Crippen molar-refractivity contribution in [1.29, 1.82) is 0 Å². The summed E-state index contributed by atoms with van der Waals surface area (Å²) in [5.41, 5.74) is 4.05. The molecule has 0 aliphatic carbocycles. The van der Waals surface area contributed by atoms with Crippen LogP contribution in [0, 0.1) is 10.1 Å². The number of hydrogen-bond donors (Lipinski definition) is 0. The first-order valence-corrected chi connectivity index (χ1v) is 11.4. The Balaban J connectivity index is 1.69. The van der Waals surface area contributed by atoms with Gasteiger partial charge >= 0.3 is 0 Å². The molecule has 0 unspecified atom stereocenters. The van der Waals surface area contributed by atoms with Gasteiger partial charge in [0.15, 0.2) is 5.71 Å². The molecular formula is C25H19N5O3S. The Kier molecular flexibility index (Phi) is 5.60. The Labute approximate surface area is 198 Å². The first kappa shape index (κ1) is 21.5. The highest BCUT2D eigenvalue weighted by atomic mass is 32.1. The number of aromatic nitrogens is 1. The van der Waals surface area contributed by atoms with Gasteiger partial charge in [-0.1, -0.05) is 60.7 Å². The minimum Gasteiger partial charge on any atom is -0.309 e. The lowest BCUT2D eigenvalue weighted by Gasteiger charge is -2.08. The van der Waals surface area contributed by atoms with E-state index >= 15 is 0 Å². The Bertz CT molecular complexity index is 1500. The molecule has 5 rings (SSSR count). The molecule has 0 radical (unpaired) electrons. The number of nitro benzene ring substituents is 1. The van der Waals surface area contributed by atoms with Gasteiger partial charge in [-0.25, -0.2) is 4.68 Å². The average Bonchev–Trinajstić information content (AvgIpc) is 3.38. The Morgan fingerprint density at radius 3 is 2.56 bits per heavy atom. The fourth-order valence-corrected chi connectivity index (χ4v) is 4.60. The zero-order valence-electron chi connectivity index (χ0n) is 18.2. The summed E-state index contributed by atoms with van der Waals surface area (Å²) in [6.45, 7) is 0.436. The number of amides is 1. The average molecular weight is 470 g/mol. The molecule has 0 fully saturated rings. The van der Waals surface area contributed by atoms with Gasteiger partial charge in [0.2, 0.25) is 4.80 Å². The number of carbonyl (C=O) groups excluding carboxylic acids is 1. The minimum absolute atomic E-state index is 0.0206. The Morgan fingerprint density at radius 2 is 1.76 bits per heavy atom. The SMILES string of the molecule is CN1C(=O)C(=Nn2c(-c3cccc([N+](=O)[O-])c3)csc2=NCc2ccccc2)c2ccccc21. The summed E-state index contributed by atoms with van der Waals surface area (Å²) in [5, 5.41) is 17.9. The summed E-state index contributed by atoms with van der Waals surface area (Å²) in [5.74, 6) is -0.223. The van der Waals surface area contributed by atoms with Crippen molar-refractivity contribution in [2.45, 2.75) is 6.54 Å². The number of nitrogens with zero attached hydrogens (tertiary/aromatic N) is 5. The third-order valence-corrected chi connectivity index (χ3v) is 6.36. The fourth-order valence-electron chi connectivity index (χ4n) is 3.77. The number of fused-ring (bicyclic) bond motifs is 1. The molecule has 9 heteroatoms. The van der Waals surface area contributed by atoms with E-state index < -0.39 is 4.92 Å². The number of thiazole rings is 1. The minimum atomic E-state index is -0.432. The second-order valence-electron chi connectivity index (χ2n) is 7.65. The monoisotopic (exact) mass is 469 g/mol. The predicted molar refractivity (Wildman–Crippen MR) is 132 cm³/mol. The molecule has 0 spiro atoms. The van der Waals surface area contributed by atoms with Crippen LogP contribution in [-0.4, -0.2) is 28.3 Å². The topological polar surface area (TPSA) is 93.1 Å². The zero-order valence-corrected chi connectivity index (χ0v) is 19.0. The standard InChI is InChI=1S/C25H19N5O3S/c1-28-21-13-6-5-12-20(21)23(24(28)31)27-29-22(18-10-7-11-19(14-18)30(32)33)16-34-25(29)26-15-17-8-3-2-4-9-17/h2-14,16H,15H2,1H3. The van der Waals surface area contributed by atoms with Gasteiger partial charge in [-0.05, 0) is 11.6 Å². The zero-order chi connectivity index (χ0) is 23.7. The van der Waals surface area contributed by atoms with Crippen LogP contribution in [-0.2, 0) is 11.3 Å². The van der Waals surface area contributed by atoms with E-state index in [2.05, 4.69) is 0 Å². The van der Waals surface area contributed by atoms with E-state index in [-0.39, 0.29) is 11.6 Å². The lowest BCUT2D eigenvalue weighted by atomic mass is 10.1. The lowest BCUT2D eigenvalue weighted by Crippen LogP contribution is -2.27. The number of likely N-dealkylation sites (N-methyl/N-ethyl adjacent to an activating group) is 1. The molecule has 34 heavy (non-hydrogen) atoms. The number of para-hydroxylation sites is 1. The Hall–Kier alpha value is -4.37. The molecule has 0 atom stereocenters. The van der Waals surface area contributed by atoms with Gasteiger partial charge < -0.3 is 4.90 Å². The second-order valence-corrected chi connectivity index (χ2v) is 8.49. The van der Waals surface area contributed by atoms with Gasteiger partial charge in [0.1, 0.15) is 0 Å². The van der Waals surface area contributed by atoms with Crippen molar-refractivity contribution in [3.8, 4) is 11.3 Å². The van der Waals surface area contributed by atoms with Crippen LogP contribution in [0.4, 0.5) is 11.4 Å². The molecule has 1 aliphatic heterocycles. The van der Waals surface area contributed by atoms with Crippen molar-refractivity contribution < 1.29 is 9.72 Å². The van der Waals surface area contributed by atoms with Crippen molar-refractivity contribution in [2.75, 3.05) is 11.9 Å². The van der Waals surface area contributed by atoms with E-state index in [1.54, 1.807) is 28.8 Å². The van der Waals surface area contributed by atoms with Crippen LogP contribution in [0.15, 0.2) is 94.3 Å². The van der Waals surface area contributed by atoms with Crippen LogP contribution in [0.25, 0.3) is 11.3 Å². The van der Waals surface area contributed by atoms with E-state index in [9.17, 15) is 14.9 Å². The molecule has 168 valence electrons. The highest BCUT2D eigenvalue weighted by molar-refractivity contribution is 7.07. The second kappa shape index (κ2) is 8.87. The van der Waals surface area contributed by atoms with Crippen LogP contribution >= 0.6 is 11.3 Å². The molecule has 0 N–H and O–H groups in total. The van der Waals surface area contributed by atoms with E-state index in [4.69, 9.17) is 10.1 Å². The summed E-state index contributed by atoms with van der Waals surface area (Å²) < 4.78 is 1.61. The van der Waals surface area contributed by atoms with Gasteiger partial charge in [-0.3, -0.25) is 19.9 Å². The van der Waals surface area contributed by atoms with Crippen molar-refractivity contribution in [3.63, 3.8) is 0 Å². The molecule has 2 heterocycles. The summed E-state index contributed by atoms with van der Waals surface area (Å²) >= 11 is 1.37. The smallest absolute Gasteiger partial charge is 0.279 e. The summed E-state index contributed by atoms with van der Waals surface area (Å²) in [6, 6.07) is 23.6. The van der Waals surface area contributed by atoms with Crippen molar-refractivity contribution in [2.24, 2.45) is 10.1 Å². The number of nitro groups is 1. The van der Waals surface area contributed by atoms with Crippen molar-refractivity contribution in [1.82, 2.24) is 4.68 Å². The highest BCUT2D eigenvalue weighted by Crippen LogP contribution is 2.29. The van der Waals surface area contributed by atoms with E-state index in [0.29, 0.717) is 28.3 Å². The van der Waals surface area contributed by atoms with Gasteiger partial charge in [0, 0.05) is 35.7 Å². The van der Waals surface area contributed by atoms with Crippen LogP contribution in [0.2, 0.25) is 0 Å². The largest absolute Gasteiger partial charge is 0.309 e. The first-order chi connectivity index (χ1) is 16.5. The summed E-state index contributed by atoms with van der Waals surface area (Å²) in [4.78, 5) is 30.8. The van der Waals surface area contributed by atoms with E-state index in [1.165, 1.54) is 23.5 Å². The number of carbonyl (C=O) groups is 1. The Morgan fingerprint density at radius 1 is 1.00 bits per heavy atom. The summed E-state index contributed by atoms with van der Waals surface area (Å²) in [6.07, 6.45) is 0. The molecule has 0 saturated heterocycles. The predicted octanol–water partition coefficient (Wildman–Crippen LogP) is 4.45. The normalized spacial score (nSPS) is 14.6. The third-order valence-electron chi connectivity index (χ3n) is 5.51. The fraction of sp³-hybridized carbons (Fsp3) is 0.0800. The van der Waals surface area contributed by atoms with Crippen LogP contribution in [0.5, 0.6) is 0 Å². The number of anilines is 1. The maximum atomic E-state index is 13.0. The number of hydrogen-bond acceptors (Lipinski definition) is 6. The van der Waals surface area contributed by atoms with Crippen LogP contribution < -0.4 is 9.70 Å². The first-order valence-electron chi connectivity index (χ1n) is 10.5. The number of benzene rings is 3. The maximum absolute atomic E-state index is 13.0. The quantitative estimate of drug-likeness (QED) is 0.319. The van der Waals surface area contributed by atoms with Crippen molar-refractivity contribution in [3.05, 3.63) is 110 Å². The molecule has 1 aromatic heterocycles. The molecule has 1 aliphatic rings. The maximum Gasteiger partial charge on any atom is 0.279 e. The number of non-ortho nitro benzene ring substituents is 1. The van der Waals surface area contributed by atoms with Gasteiger partial charge in [-0.2, -0.15) is 5.10 Å². The number of rotatable bonds is 5. The molecular weight excluding hydrogens is 450 g/mol. The van der Waals surface area contributed by atoms with Crippen LogP contribution in [0.3, 0.4) is 0 Å². The molecule has 8 nitrogen and oxygen atoms in total. The summed E-state index contributed by atoms with van der Waals surface area (Å²) in [7, 11) is 1.71. The van der Waals surface area contributed by atoms with Gasteiger partial charge in [0.05, 0.1) is 22.8 Å². The van der Waals surface area contributed by atoms with Crippen LogP contribution in [0.1, 0.15) is 11.1 Å². The van der Waals surface area contributed by atoms with E-state index in [0.717, 1.165) is 16.8 Å². The third kappa shape index (κ3) is 3.93. The molecule has 3 aromatic carbocycles. The highest BCUT2D eigenvalue weighted by Gasteiger charge is 2.31. The molecule has 1 amide bonds. The van der Waals surface area contributed by atoms with E-state index in [1.807, 2.05) is 60.0 Å².